The minimum absolute atomic E-state index is 0.285. The van der Waals surface area contributed by atoms with E-state index in [1.165, 1.54) is 4.90 Å². The van der Waals surface area contributed by atoms with E-state index in [-0.39, 0.29) is 6.54 Å². The molecule has 1 aromatic carbocycles. The van der Waals surface area contributed by atoms with Gasteiger partial charge in [0.2, 0.25) is 0 Å². The predicted octanol–water partition coefficient (Wildman–Crippen LogP) is 2.88. The molecule has 2 rings (SSSR count). The Kier molecular flexibility index (Phi) is 6.30. The number of amides is 1. The van der Waals surface area contributed by atoms with Crippen molar-refractivity contribution in [3.8, 4) is 11.5 Å². The van der Waals surface area contributed by atoms with Crippen LogP contribution in [0.5, 0.6) is 11.5 Å². The third-order valence-corrected chi connectivity index (χ3v) is 7.52. The third kappa shape index (κ3) is 4.99. The molecule has 1 aromatic rings. The molecule has 1 aliphatic rings. The molecule has 1 aliphatic heterocycles. The molecule has 1 fully saturated rings. The molecule has 136 valence electrons. The first kappa shape index (κ1) is 18.8. The van der Waals surface area contributed by atoms with Crippen LogP contribution < -0.4 is 9.47 Å². The van der Waals surface area contributed by atoms with Crippen LogP contribution in [0.1, 0.15) is 18.4 Å². The summed E-state index contributed by atoms with van der Waals surface area (Å²) in [5.41, 5.74) is 0.817. The molecule has 1 heterocycles. The molecule has 0 unspecified atom stereocenters. The van der Waals surface area contributed by atoms with Crippen molar-refractivity contribution in [3.63, 3.8) is 0 Å². The van der Waals surface area contributed by atoms with Crippen molar-refractivity contribution in [2.24, 2.45) is 5.92 Å². The van der Waals surface area contributed by atoms with Gasteiger partial charge in [-0.2, -0.15) is 0 Å². The number of carbonyl (C=O) groups is 1. The van der Waals surface area contributed by atoms with Gasteiger partial charge in [-0.05, 0) is 0 Å². The predicted molar refractivity (Wildman–Crippen MR) is 96.9 cm³/mol. The van der Waals surface area contributed by atoms with Crippen molar-refractivity contribution in [1.29, 1.82) is 0 Å². The number of rotatable bonds is 6. The summed E-state index contributed by atoms with van der Waals surface area (Å²) in [6.45, 7) is 2.77. The molecular weight excluding hydrogens is 329 g/mol. The number of hydrogen-bond donors (Lipinski definition) is 2. The second kappa shape index (κ2) is 8.04. The fourth-order valence-electron chi connectivity index (χ4n) is 3.19. The van der Waals surface area contributed by atoms with Crippen molar-refractivity contribution in [2.45, 2.75) is 19.4 Å². The summed E-state index contributed by atoms with van der Waals surface area (Å²) >= 11 is 0. The molecule has 0 atom stereocenters. The van der Waals surface area contributed by atoms with Crippen molar-refractivity contribution >= 4 is 13.6 Å². The van der Waals surface area contributed by atoms with Gasteiger partial charge in [-0.1, -0.05) is 0 Å². The third-order valence-electron chi connectivity index (χ3n) is 4.79. The van der Waals surface area contributed by atoms with Crippen molar-refractivity contribution < 1.29 is 24.3 Å². The van der Waals surface area contributed by atoms with Crippen molar-refractivity contribution in [1.82, 2.24) is 4.90 Å². The van der Waals surface area contributed by atoms with Gasteiger partial charge in [-0.25, -0.2) is 0 Å². The topological polar surface area (TPSA) is 79.2 Å². The van der Waals surface area contributed by atoms with Crippen molar-refractivity contribution in [2.75, 3.05) is 39.8 Å². The Labute approximate surface area is 143 Å². The van der Waals surface area contributed by atoms with E-state index in [1.807, 2.05) is 12.7 Å². The minimum atomic E-state index is -2.01. The fraction of sp³-hybridized carbons (Fsp3) is 0.588. The summed E-state index contributed by atoms with van der Waals surface area (Å²) in [5.74, 6) is 1.62. The van der Waals surface area contributed by atoms with Gasteiger partial charge in [0.25, 0.3) is 0 Å². The van der Waals surface area contributed by atoms with Gasteiger partial charge in [-0.15, -0.1) is 0 Å². The van der Waals surface area contributed by atoms with Gasteiger partial charge in [0.05, 0.1) is 0 Å². The second-order valence-corrected chi connectivity index (χ2v) is 10.8. The maximum absolute atomic E-state index is 11.6. The standard InChI is InChI=1S/C17H28NO5P/c1-22-15-5-4-14(16(10-15)23-2)12-18(17(19)20)11-13-6-8-24(3,21)9-7-13/h4-5,10,13,21,24H,6-9,11-12H2,1-3H3,(H,19,20). The number of carboxylic acid groups (broad SMARTS) is 1. The molecule has 7 heteroatoms. The van der Waals surface area contributed by atoms with Crippen LogP contribution >= 0.6 is 7.49 Å². The van der Waals surface area contributed by atoms with E-state index >= 15 is 0 Å². The Balaban J connectivity index is 2.05. The first-order chi connectivity index (χ1) is 11.3. The van der Waals surface area contributed by atoms with Crippen LogP contribution in [0.15, 0.2) is 18.2 Å². The molecule has 0 bridgehead atoms. The molecule has 0 radical (unpaired) electrons. The fourth-order valence-corrected chi connectivity index (χ4v) is 5.50. The molecule has 0 saturated carbocycles. The zero-order chi connectivity index (χ0) is 17.7. The van der Waals surface area contributed by atoms with Gasteiger partial charge >= 0.3 is 143 Å². The number of benzene rings is 1. The van der Waals surface area contributed by atoms with Gasteiger partial charge in [0, 0.05) is 0 Å². The molecule has 0 aliphatic carbocycles. The number of nitrogens with zero attached hydrogens (tertiary/aromatic N) is 1. The van der Waals surface area contributed by atoms with Crippen LogP contribution in [0.2, 0.25) is 0 Å². The molecule has 1 amide bonds. The van der Waals surface area contributed by atoms with Crippen molar-refractivity contribution in [3.05, 3.63) is 23.8 Å². The summed E-state index contributed by atoms with van der Waals surface area (Å²) in [6, 6.07) is 5.41. The summed E-state index contributed by atoms with van der Waals surface area (Å²) < 4.78 is 10.5. The van der Waals surface area contributed by atoms with Gasteiger partial charge in [0.1, 0.15) is 0 Å². The number of hydrogen-bond acceptors (Lipinski definition) is 4. The Morgan fingerprint density at radius 2 is 1.96 bits per heavy atom. The zero-order valence-electron chi connectivity index (χ0n) is 14.6. The molecule has 0 spiro atoms. The first-order valence-electron chi connectivity index (χ1n) is 8.26. The Hall–Kier alpha value is -1.52. The zero-order valence-corrected chi connectivity index (χ0v) is 15.6. The summed E-state index contributed by atoms with van der Waals surface area (Å²) in [4.78, 5) is 23.3. The number of ether oxygens (including phenoxy) is 2. The second-order valence-electron chi connectivity index (χ2n) is 6.78. The molecule has 24 heavy (non-hydrogen) atoms. The quantitative estimate of drug-likeness (QED) is 0.766. The van der Waals surface area contributed by atoms with Crippen LogP contribution in [-0.2, 0) is 6.54 Å². The Bertz CT molecular complexity index is 568. The normalized spacial score (nSPS) is 20.9. The monoisotopic (exact) mass is 357 g/mol. The van der Waals surface area contributed by atoms with Gasteiger partial charge < -0.3 is 0 Å². The van der Waals surface area contributed by atoms with Crippen LogP contribution in [0, 0.1) is 5.92 Å². The first-order valence-corrected chi connectivity index (χ1v) is 11.1. The van der Waals surface area contributed by atoms with Crippen LogP contribution in [0.3, 0.4) is 0 Å². The van der Waals surface area contributed by atoms with E-state index in [0.29, 0.717) is 24.0 Å². The Morgan fingerprint density at radius 3 is 2.50 bits per heavy atom. The van der Waals surface area contributed by atoms with E-state index in [0.717, 1.165) is 30.7 Å². The maximum atomic E-state index is 11.6. The molecule has 2 N–H and O–H groups in total. The summed E-state index contributed by atoms with van der Waals surface area (Å²) in [6.07, 6.45) is 2.60. The summed E-state index contributed by atoms with van der Waals surface area (Å²) in [5, 5.41) is 9.55. The SMILES string of the molecule is COc1ccc(CN(CC2CC[PH](C)(O)CC2)C(=O)O)c(OC)c1. The van der Waals surface area contributed by atoms with Crippen LogP contribution in [-0.4, -0.2) is 60.7 Å². The molecule has 1 saturated heterocycles. The van der Waals surface area contributed by atoms with E-state index in [9.17, 15) is 14.8 Å². The average molecular weight is 357 g/mol. The summed E-state index contributed by atoms with van der Waals surface area (Å²) in [7, 11) is 1.14. The van der Waals surface area contributed by atoms with Crippen LogP contribution in [0.4, 0.5) is 4.79 Å². The van der Waals surface area contributed by atoms with Gasteiger partial charge in [-0.3, -0.25) is 0 Å². The van der Waals surface area contributed by atoms with E-state index < -0.39 is 13.6 Å². The molecule has 0 aromatic heterocycles. The van der Waals surface area contributed by atoms with E-state index in [2.05, 4.69) is 0 Å². The average Bonchev–Trinajstić information content (AvgIpc) is 2.56. The van der Waals surface area contributed by atoms with E-state index in [1.54, 1.807) is 26.4 Å². The van der Waals surface area contributed by atoms with E-state index in [4.69, 9.17) is 9.47 Å². The Morgan fingerprint density at radius 1 is 1.29 bits per heavy atom. The van der Waals surface area contributed by atoms with Gasteiger partial charge in [0.15, 0.2) is 0 Å². The number of methoxy groups -OCH3 is 2. The van der Waals surface area contributed by atoms with Crippen LogP contribution in [0.25, 0.3) is 0 Å². The molecule has 6 nitrogen and oxygen atoms in total. The molecular formula is C17H28NO5P.